The van der Waals surface area contributed by atoms with Crippen LogP contribution in [0.15, 0.2) is 18.3 Å². The maximum Gasteiger partial charge on any atom is 0.416 e. The van der Waals surface area contributed by atoms with E-state index in [0.717, 1.165) is 13.0 Å². The number of pyridine rings is 1. The Morgan fingerprint density at radius 2 is 2.00 bits per heavy atom. The van der Waals surface area contributed by atoms with Crippen LogP contribution in [0.2, 0.25) is 0 Å². The third-order valence-electron chi connectivity index (χ3n) is 5.23. The van der Waals surface area contributed by atoms with Gasteiger partial charge in [0.25, 0.3) is 0 Å². The van der Waals surface area contributed by atoms with Gasteiger partial charge in [-0.1, -0.05) is 19.4 Å². The summed E-state index contributed by atoms with van der Waals surface area (Å²) in [6.45, 7) is 15.4. The van der Waals surface area contributed by atoms with Crippen molar-refractivity contribution in [3.63, 3.8) is 0 Å². The van der Waals surface area contributed by atoms with E-state index in [9.17, 15) is 4.79 Å². The van der Waals surface area contributed by atoms with Gasteiger partial charge in [0.2, 0.25) is 0 Å². The smallest absolute Gasteiger partial charge is 0.416 e. The number of hydrogen-bond donors (Lipinski definition) is 0. The van der Waals surface area contributed by atoms with Gasteiger partial charge in [-0.25, -0.2) is 9.78 Å². The highest BCUT2D eigenvalue weighted by molar-refractivity contribution is 5.87. The molecule has 0 spiro atoms. The average molecular weight is 376 g/mol. The zero-order chi connectivity index (χ0) is 20.2. The Morgan fingerprint density at radius 3 is 2.52 bits per heavy atom. The molecule has 2 rings (SSSR count). The van der Waals surface area contributed by atoms with E-state index in [0.29, 0.717) is 17.9 Å². The van der Waals surface area contributed by atoms with Gasteiger partial charge in [-0.3, -0.25) is 9.80 Å². The topological polar surface area (TPSA) is 45.7 Å². The number of aromatic nitrogens is 1. The molecule has 0 N–H and O–H groups in total. The maximum atomic E-state index is 12.7. The summed E-state index contributed by atoms with van der Waals surface area (Å²) in [4.78, 5) is 21.6. The minimum atomic E-state index is -0.525. The Hall–Kier alpha value is -1.62. The number of ether oxygens (including phenoxy) is 1. The summed E-state index contributed by atoms with van der Waals surface area (Å²) in [6, 6.07) is 5.07. The first-order valence-corrected chi connectivity index (χ1v) is 10.4. The Bertz CT molecular complexity index is 607. The molecule has 0 aliphatic carbocycles. The fourth-order valence-corrected chi connectivity index (χ4v) is 3.66. The molecular formula is C22H37N3O2. The van der Waals surface area contributed by atoms with Gasteiger partial charge in [-0.2, -0.15) is 0 Å². The van der Waals surface area contributed by atoms with Crippen molar-refractivity contribution in [1.29, 1.82) is 0 Å². The molecule has 5 heteroatoms. The van der Waals surface area contributed by atoms with Crippen LogP contribution in [-0.2, 0) is 4.74 Å². The zero-order valence-electron chi connectivity index (χ0n) is 18.2. The van der Waals surface area contributed by atoms with Crippen LogP contribution in [0.4, 0.5) is 10.6 Å². The van der Waals surface area contributed by atoms with Gasteiger partial charge in [-0.15, -0.1) is 0 Å². The molecular weight excluding hydrogens is 338 g/mol. The third kappa shape index (κ3) is 5.68. The van der Waals surface area contributed by atoms with Gasteiger partial charge in [-0.05, 0) is 79.0 Å². The van der Waals surface area contributed by atoms with Crippen molar-refractivity contribution >= 4 is 11.9 Å². The largest absolute Gasteiger partial charge is 0.443 e. The molecule has 0 bridgehead atoms. The van der Waals surface area contributed by atoms with E-state index in [2.05, 4.69) is 36.7 Å². The van der Waals surface area contributed by atoms with Crippen LogP contribution in [-0.4, -0.2) is 40.2 Å². The van der Waals surface area contributed by atoms with Crippen molar-refractivity contribution in [2.75, 3.05) is 11.4 Å². The van der Waals surface area contributed by atoms with Crippen molar-refractivity contribution in [1.82, 2.24) is 9.88 Å². The molecule has 1 saturated heterocycles. The minimum absolute atomic E-state index is 0.0278. The van der Waals surface area contributed by atoms with Gasteiger partial charge in [0.05, 0.1) is 0 Å². The lowest BCUT2D eigenvalue weighted by Gasteiger charge is -2.39. The van der Waals surface area contributed by atoms with E-state index < -0.39 is 5.60 Å². The van der Waals surface area contributed by atoms with E-state index in [-0.39, 0.29) is 12.1 Å². The molecule has 2 heterocycles. The lowest BCUT2D eigenvalue weighted by atomic mass is 9.95. The van der Waals surface area contributed by atoms with Crippen molar-refractivity contribution < 1.29 is 9.53 Å². The van der Waals surface area contributed by atoms with Gasteiger partial charge in [0, 0.05) is 24.3 Å². The van der Waals surface area contributed by atoms with Crippen LogP contribution in [0.3, 0.4) is 0 Å². The lowest BCUT2D eigenvalue weighted by molar-refractivity contribution is 0.0566. The van der Waals surface area contributed by atoms with Crippen LogP contribution in [0.5, 0.6) is 0 Å². The van der Waals surface area contributed by atoms with E-state index in [1.165, 1.54) is 24.8 Å². The molecule has 27 heavy (non-hydrogen) atoms. The highest BCUT2D eigenvalue weighted by Crippen LogP contribution is 2.33. The Labute approximate surface area is 165 Å². The molecule has 1 amide bonds. The molecule has 2 atom stereocenters. The summed E-state index contributed by atoms with van der Waals surface area (Å²) in [5.41, 5.74) is 0.711. The van der Waals surface area contributed by atoms with Crippen molar-refractivity contribution in [2.45, 2.75) is 97.9 Å². The molecule has 5 nitrogen and oxygen atoms in total. The normalized spacial score (nSPS) is 19.8. The van der Waals surface area contributed by atoms with Crippen molar-refractivity contribution in [3.8, 4) is 0 Å². The summed E-state index contributed by atoms with van der Waals surface area (Å²) >= 11 is 0. The number of piperidine rings is 1. The minimum Gasteiger partial charge on any atom is -0.443 e. The van der Waals surface area contributed by atoms with E-state index >= 15 is 0 Å². The SMILES string of the molecule is CC[C@H](C)N(C(=O)OC(C)(C)C)c1ccc([C@H]2CCCCN2C(C)C)cn1. The number of anilines is 1. The molecule has 1 aromatic rings. The Morgan fingerprint density at radius 1 is 1.30 bits per heavy atom. The maximum absolute atomic E-state index is 12.7. The number of likely N-dealkylation sites (tertiary alicyclic amines) is 1. The Balaban J connectivity index is 2.25. The second kappa shape index (κ2) is 9.05. The number of nitrogens with zero attached hydrogens (tertiary/aromatic N) is 3. The van der Waals surface area contributed by atoms with Crippen LogP contribution >= 0.6 is 0 Å². The molecule has 1 aromatic heterocycles. The highest BCUT2D eigenvalue weighted by atomic mass is 16.6. The van der Waals surface area contributed by atoms with Crippen molar-refractivity contribution in [3.05, 3.63) is 23.9 Å². The molecule has 1 aliphatic rings. The zero-order valence-corrected chi connectivity index (χ0v) is 18.2. The molecule has 1 aliphatic heterocycles. The van der Waals surface area contributed by atoms with Gasteiger partial charge in [0.15, 0.2) is 0 Å². The van der Waals surface area contributed by atoms with Crippen LogP contribution < -0.4 is 4.90 Å². The summed E-state index contributed by atoms with van der Waals surface area (Å²) < 4.78 is 5.61. The summed E-state index contributed by atoms with van der Waals surface area (Å²) in [7, 11) is 0. The fraction of sp³-hybridized carbons (Fsp3) is 0.727. The third-order valence-corrected chi connectivity index (χ3v) is 5.23. The number of carbonyl (C=O) groups excluding carboxylic acids is 1. The lowest BCUT2D eigenvalue weighted by Crippen LogP contribution is -2.42. The molecule has 0 radical (unpaired) electrons. The number of rotatable bonds is 5. The van der Waals surface area contributed by atoms with Crippen LogP contribution in [0.1, 0.15) is 85.8 Å². The van der Waals surface area contributed by atoms with Crippen molar-refractivity contribution in [2.24, 2.45) is 0 Å². The highest BCUT2D eigenvalue weighted by Gasteiger charge is 2.29. The number of hydrogen-bond acceptors (Lipinski definition) is 4. The molecule has 0 unspecified atom stereocenters. The molecule has 0 saturated carbocycles. The van der Waals surface area contributed by atoms with E-state index in [4.69, 9.17) is 4.74 Å². The predicted molar refractivity (Wildman–Crippen MR) is 111 cm³/mol. The first-order valence-electron chi connectivity index (χ1n) is 10.4. The summed E-state index contributed by atoms with van der Waals surface area (Å²) in [6.07, 6.45) is 6.14. The molecule has 0 aromatic carbocycles. The van der Waals surface area contributed by atoms with Gasteiger partial charge >= 0.3 is 6.09 Å². The van der Waals surface area contributed by atoms with Crippen LogP contribution in [0, 0.1) is 0 Å². The predicted octanol–water partition coefficient (Wildman–Crippen LogP) is 5.56. The quantitative estimate of drug-likeness (QED) is 0.676. The average Bonchev–Trinajstić information content (AvgIpc) is 2.60. The van der Waals surface area contributed by atoms with Gasteiger partial charge in [0.1, 0.15) is 11.4 Å². The van der Waals surface area contributed by atoms with Crippen LogP contribution in [0.25, 0.3) is 0 Å². The molecule has 152 valence electrons. The second-order valence-corrected chi connectivity index (χ2v) is 8.90. The Kier molecular flexibility index (Phi) is 7.26. The standard InChI is InChI=1S/C22H37N3O2/c1-8-17(4)25(21(26)27-22(5,6)7)20-13-12-18(15-23-20)19-11-9-10-14-24(19)16(2)3/h12-13,15-17,19H,8-11,14H2,1-7H3/t17-,19+/m0/s1. The summed E-state index contributed by atoms with van der Waals surface area (Å²) in [5, 5.41) is 0. The first-order chi connectivity index (χ1) is 12.6. The second-order valence-electron chi connectivity index (χ2n) is 8.90. The number of carbonyl (C=O) groups is 1. The number of amides is 1. The monoisotopic (exact) mass is 375 g/mol. The fourth-order valence-electron chi connectivity index (χ4n) is 3.66. The van der Waals surface area contributed by atoms with E-state index in [1.807, 2.05) is 40.0 Å². The summed E-state index contributed by atoms with van der Waals surface area (Å²) in [5.74, 6) is 0.661. The van der Waals surface area contributed by atoms with E-state index in [1.54, 1.807) is 4.90 Å². The first kappa shape index (κ1) is 21.7. The van der Waals surface area contributed by atoms with Gasteiger partial charge < -0.3 is 4.74 Å². The molecule has 1 fully saturated rings.